The van der Waals surface area contributed by atoms with Crippen molar-refractivity contribution in [2.24, 2.45) is 0 Å². The van der Waals surface area contributed by atoms with Gasteiger partial charge in [-0.3, -0.25) is 9.69 Å². The van der Waals surface area contributed by atoms with Crippen molar-refractivity contribution in [3.63, 3.8) is 0 Å². The van der Waals surface area contributed by atoms with Crippen LogP contribution in [0.4, 0.5) is 0 Å². The van der Waals surface area contributed by atoms with Gasteiger partial charge in [0.05, 0.1) is 6.42 Å². The third kappa shape index (κ3) is 3.82. The van der Waals surface area contributed by atoms with E-state index in [1.807, 2.05) is 0 Å². The summed E-state index contributed by atoms with van der Waals surface area (Å²) in [7, 11) is 0. The second-order valence-corrected chi connectivity index (χ2v) is 5.78. The van der Waals surface area contributed by atoms with Gasteiger partial charge in [0, 0.05) is 23.6 Å². The molecule has 18 heavy (non-hydrogen) atoms. The Morgan fingerprint density at radius 1 is 1.50 bits per heavy atom. The van der Waals surface area contributed by atoms with Gasteiger partial charge in [0.15, 0.2) is 0 Å². The van der Waals surface area contributed by atoms with Gasteiger partial charge < -0.3 is 5.11 Å². The zero-order valence-corrected chi connectivity index (χ0v) is 12.1. The highest BCUT2D eigenvalue weighted by Crippen LogP contribution is 2.29. The Morgan fingerprint density at radius 2 is 2.22 bits per heavy atom. The number of nitrogens with zero attached hydrogens (tertiary/aromatic N) is 1. The summed E-state index contributed by atoms with van der Waals surface area (Å²) >= 11 is 3.50. The molecule has 0 atom stereocenters. The van der Waals surface area contributed by atoms with E-state index in [0.29, 0.717) is 12.6 Å². The van der Waals surface area contributed by atoms with Gasteiger partial charge in [-0.15, -0.1) is 0 Å². The molecule has 0 bridgehead atoms. The Labute approximate surface area is 116 Å². The lowest BCUT2D eigenvalue weighted by molar-refractivity contribution is -0.137. The van der Waals surface area contributed by atoms with Crippen LogP contribution in [0, 0.1) is 6.92 Å². The molecule has 1 N–H and O–H groups in total. The van der Waals surface area contributed by atoms with Crippen LogP contribution in [0.3, 0.4) is 0 Å². The van der Waals surface area contributed by atoms with E-state index in [-0.39, 0.29) is 6.42 Å². The molecule has 1 aliphatic carbocycles. The summed E-state index contributed by atoms with van der Waals surface area (Å²) in [6, 6.07) is 6.92. The maximum absolute atomic E-state index is 10.7. The van der Waals surface area contributed by atoms with Crippen LogP contribution >= 0.6 is 15.9 Å². The van der Waals surface area contributed by atoms with Crippen molar-refractivity contribution < 1.29 is 9.90 Å². The Morgan fingerprint density at radius 3 is 2.78 bits per heavy atom. The summed E-state index contributed by atoms with van der Waals surface area (Å²) in [5, 5.41) is 8.78. The van der Waals surface area contributed by atoms with Crippen molar-refractivity contribution >= 4 is 21.9 Å². The number of benzene rings is 1. The largest absolute Gasteiger partial charge is 0.481 e. The minimum atomic E-state index is -0.715. The van der Waals surface area contributed by atoms with Crippen molar-refractivity contribution in [3.8, 4) is 0 Å². The third-order valence-corrected chi connectivity index (χ3v) is 4.17. The van der Waals surface area contributed by atoms with E-state index in [4.69, 9.17) is 5.11 Å². The molecule has 0 radical (unpaired) electrons. The maximum Gasteiger partial charge on any atom is 0.304 e. The van der Waals surface area contributed by atoms with Crippen LogP contribution in [0.15, 0.2) is 22.7 Å². The van der Waals surface area contributed by atoms with Gasteiger partial charge in [0.1, 0.15) is 0 Å². The number of hydrogen-bond donors (Lipinski definition) is 1. The topological polar surface area (TPSA) is 40.5 Å². The fourth-order valence-electron chi connectivity index (χ4n) is 2.11. The first-order valence-electron chi connectivity index (χ1n) is 6.27. The van der Waals surface area contributed by atoms with Gasteiger partial charge in [-0.05, 0) is 37.0 Å². The molecule has 0 amide bonds. The SMILES string of the molecule is Cc1cc(CN(CCC(=O)O)C2CC2)ccc1Br. The van der Waals surface area contributed by atoms with Gasteiger partial charge in [0.2, 0.25) is 0 Å². The third-order valence-electron chi connectivity index (χ3n) is 3.28. The zero-order chi connectivity index (χ0) is 13.1. The second-order valence-electron chi connectivity index (χ2n) is 4.93. The minimum absolute atomic E-state index is 0.228. The second kappa shape index (κ2) is 5.85. The van der Waals surface area contributed by atoms with Crippen LogP contribution in [0.2, 0.25) is 0 Å². The lowest BCUT2D eigenvalue weighted by Gasteiger charge is -2.21. The molecule has 0 unspecified atom stereocenters. The summed E-state index contributed by atoms with van der Waals surface area (Å²) in [6.07, 6.45) is 2.64. The minimum Gasteiger partial charge on any atom is -0.481 e. The van der Waals surface area contributed by atoms with Crippen molar-refractivity contribution in [3.05, 3.63) is 33.8 Å². The molecule has 0 spiro atoms. The number of hydrogen-bond acceptors (Lipinski definition) is 2. The van der Waals surface area contributed by atoms with E-state index in [1.165, 1.54) is 24.0 Å². The van der Waals surface area contributed by atoms with Crippen LogP contribution < -0.4 is 0 Å². The standard InChI is InChI=1S/C14H18BrNO2/c1-10-8-11(2-5-13(10)15)9-16(12-3-4-12)7-6-14(17)18/h2,5,8,12H,3-4,6-7,9H2,1H3,(H,17,18). The van der Waals surface area contributed by atoms with Crippen LogP contribution in [0.1, 0.15) is 30.4 Å². The van der Waals surface area contributed by atoms with Gasteiger partial charge >= 0.3 is 5.97 Å². The van der Waals surface area contributed by atoms with E-state index in [2.05, 4.69) is 46.0 Å². The predicted octanol–water partition coefficient (Wildman–Crippen LogP) is 3.20. The molecule has 0 aromatic heterocycles. The van der Waals surface area contributed by atoms with Gasteiger partial charge in [0.25, 0.3) is 0 Å². The van der Waals surface area contributed by atoms with Gasteiger partial charge in [-0.25, -0.2) is 0 Å². The summed E-state index contributed by atoms with van der Waals surface area (Å²) < 4.78 is 1.12. The van der Waals surface area contributed by atoms with Crippen LogP contribution in [0.5, 0.6) is 0 Å². The average molecular weight is 312 g/mol. The highest BCUT2D eigenvalue weighted by molar-refractivity contribution is 9.10. The van der Waals surface area contributed by atoms with E-state index < -0.39 is 5.97 Å². The van der Waals surface area contributed by atoms with Crippen LogP contribution in [-0.2, 0) is 11.3 Å². The number of aryl methyl sites for hydroxylation is 1. The molecule has 0 heterocycles. The van der Waals surface area contributed by atoms with Crippen molar-refractivity contribution in [2.75, 3.05) is 6.54 Å². The molecule has 1 aromatic rings. The monoisotopic (exact) mass is 311 g/mol. The molecule has 1 fully saturated rings. The quantitative estimate of drug-likeness (QED) is 0.877. The molecule has 98 valence electrons. The Kier molecular flexibility index (Phi) is 4.40. The first kappa shape index (κ1) is 13.6. The smallest absolute Gasteiger partial charge is 0.304 e. The highest BCUT2D eigenvalue weighted by Gasteiger charge is 2.29. The molecule has 0 saturated heterocycles. The number of carboxylic acid groups (broad SMARTS) is 1. The molecule has 3 nitrogen and oxygen atoms in total. The molecular formula is C14H18BrNO2. The zero-order valence-electron chi connectivity index (χ0n) is 10.5. The first-order valence-corrected chi connectivity index (χ1v) is 7.06. The van der Waals surface area contributed by atoms with Gasteiger partial charge in [-0.1, -0.05) is 28.1 Å². The summed E-state index contributed by atoms with van der Waals surface area (Å²) in [5.74, 6) is -0.715. The predicted molar refractivity (Wildman–Crippen MR) is 74.6 cm³/mol. The lowest BCUT2D eigenvalue weighted by atomic mass is 10.1. The normalized spacial score (nSPS) is 15.1. The van der Waals surface area contributed by atoms with Crippen LogP contribution in [-0.4, -0.2) is 28.6 Å². The molecule has 1 aromatic carbocycles. The number of aliphatic carboxylic acids is 1. The summed E-state index contributed by atoms with van der Waals surface area (Å²) in [4.78, 5) is 13.0. The maximum atomic E-state index is 10.7. The van der Waals surface area contributed by atoms with E-state index in [0.717, 1.165) is 11.0 Å². The van der Waals surface area contributed by atoms with Crippen molar-refractivity contribution in [2.45, 2.75) is 38.8 Å². The van der Waals surface area contributed by atoms with Crippen LogP contribution in [0.25, 0.3) is 0 Å². The lowest BCUT2D eigenvalue weighted by Crippen LogP contribution is -2.28. The van der Waals surface area contributed by atoms with Crippen molar-refractivity contribution in [1.29, 1.82) is 0 Å². The highest BCUT2D eigenvalue weighted by atomic mass is 79.9. The average Bonchev–Trinajstić information content (AvgIpc) is 3.13. The van der Waals surface area contributed by atoms with Gasteiger partial charge in [-0.2, -0.15) is 0 Å². The van der Waals surface area contributed by atoms with E-state index >= 15 is 0 Å². The molecular weight excluding hydrogens is 294 g/mol. The summed E-state index contributed by atoms with van der Waals surface area (Å²) in [5.41, 5.74) is 2.48. The molecule has 2 rings (SSSR count). The fraction of sp³-hybridized carbons (Fsp3) is 0.500. The molecule has 1 aliphatic rings. The van der Waals surface area contributed by atoms with E-state index in [1.54, 1.807) is 0 Å². The number of halogens is 1. The number of carboxylic acids is 1. The van der Waals surface area contributed by atoms with E-state index in [9.17, 15) is 4.79 Å². The Hall–Kier alpha value is -0.870. The Balaban J connectivity index is 1.99. The molecule has 4 heteroatoms. The Bertz CT molecular complexity index is 443. The molecule has 0 aliphatic heterocycles. The fourth-order valence-corrected chi connectivity index (χ4v) is 2.36. The summed E-state index contributed by atoms with van der Waals surface area (Å²) in [6.45, 7) is 3.58. The molecule has 1 saturated carbocycles. The van der Waals surface area contributed by atoms with Crippen molar-refractivity contribution in [1.82, 2.24) is 4.90 Å². The number of rotatable bonds is 6. The first-order chi connectivity index (χ1) is 8.56. The number of carbonyl (C=O) groups is 1.